The number of halogens is 2. The van der Waals surface area contributed by atoms with E-state index >= 15 is 0 Å². The summed E-state index contributed by atoms with van der Waals surface area (Å²) in [6.07, 6.45) is -3.49. The fourth-order valence-corrected chi connectivity index (χ4v) is 7.04. The van der Waals surface area contributed by atoms with Crippen molar-refractivity contribution >= 4 is 59.0 Å². The first-order valence-corrected chi connectivity index (χ1v) is 15.0. The molecular formula is C12H17BF2N5O11P3S. The molecule has 194 valence electrons. The van der Waals surface area contributed by atoms with Crippen LogP contribution in [-0.4, -0.2) is 88.6 Å². The van der Waals surface area contributed by atoms with Crippen LogP contribution in [0.1, 0.15) is 6.23 Å². The van der Waals surface area contributed by atoms with E-state index in [1.54, 1.807) is 6.26 Å². The van der Waals surface area contributed by atoms with Crippen LogP contribution in [0, 0.1) is 0 Å². The summed E-state index contributed by atoms with van der Waals surface area (Å²) >= 11 is 1.15. The van der Waals surface area contributed by atoms with Gasteiger partial charge in [-0.15, -0.1) is 0 Å². The molecule has 1 fully saturated rings. The van der Waals surface area contributed by atoms with Crippen molar-refractivity contribution in [1.29, 1.82) is 0 Å². The van der Waals surface area contributed by atoms with Gasteiger partial charge in [-0.2, -0.15) is 8.78 Å². The van der Waals surface area contributed by atoms with Gasteiger partial charge in [0.25, 0.3) is 7.47 Å². The third kappa shape index (κ3) is 5.49. The summed E-state index contributed by atoms with van der Waals surface area (Å²) in [5.41, 5.74) is 6.09. The van der Waals surface area contributed by atoms with Gasteiger partial charge in [-0.05, 0) is 6.26 Å². The lowest BCUT2D eigenvalue weighted by atomic mass is 10.1. The molecule has 1 aliphatic rings. The van der Waals surface area contributed by atoms with Gasteiger partial charge in [0.15, 0.2) is 22.8 Å². The van der Waals surface area contributed by atoms with Crippen molar-refractivity contribution in [2.24, 2.45) is 0 Å². The molecule has 0 aliphatic carbocycles. The molecule has 0 spiro atoms. The molecule has 0 aromatic carbocycles. The molecule has 35 heavy (non-hydrogen) atoms. The fraction of sp³-hybridized carbons (Fsp3) is 0.583. The summed E-state index contributed by atoms with van der Waals surface area (Å²) in [6.45, 7) is -1.04. The molecule has 0 amide bonds. The van der Waals surface area contributed by atoms with Crippen LogP contribution in [-0.2, 0) is 27.3 Å². The number of anilines is 1. The molecule has 2 aromatic heterocycles. The van der Waals surface area contributed by atoms with Crippen LogP contribution in [0.5, 0.6) is 0 Å². The zero-order chi connectivity index (χ0) is 26.6. The highest BCUT2D eigenvalue weighted by molar-refractivity contribution is 7.98. The van der Waals surface area contributed by atoms with Crippen molar-refractivity contribution in [1.82, 2.24) is 19.5 Å². The quantitative estimate of drug-likeness (QED) is 0.0985. The number of nitrogen functional groups attached to an aromatic ring is 1. The molecule has 0 saturated carbocycles. The van der Waals surface area contributed by atoms with Crippen LogP contribution in [0.3, 0.4) is 0 Å². The van der Waals surface area contributed by atoms with E-state index in [0.717, 1.165) is 11.8 Å². The Morgan fingerprint density at radius 2 is 1.89 bits per heavy atom. The molecule has 0 bridgehead atoms. The lowest BCUT2D eigenvalue weighted by molar-refractivity contribution is -0.0479. The van der Waals surface area contributed by atoms with Crippen LogP contribution >= 0.6 is 34.4 Å². The number of rotatable bonds is 9. The molecule has 23 heteroatoms. The topological polar surface area (TPSA) is 250 Å². The minimum atomic E-state index is -6.62. The Balaban J connectivity index is 1.76. The van der Waals surface area contributed by atoms with Gasteiger partial charge in [-0.3, -0.25) is 18.3 Å². The van der Waals surface area contributed by atoms with Gasteiger partial charge in [0.2, 0.25) is 7.57 Å². The van der Waals surface area contributed by atoms with Gasteiger partial charge in [0.1, 0.15) is 23.8 Å². The Bertz CT molecular complexity index is 1270. The number of aliphatic hydroxyl groups is 2. The van der Waals surface area contributed by atoms with E-state index in [2.05, 4.69) is 23.8 Å². The van der Waals surface area contributed by atoms with E-state index < -0.39 is 59.2 Å². The predicted molar refractivity (Wildman–Crippen MR) is 115 cm³/mol. The van der Waals surface area contributed by atoms with Crippen LogP contribution in [0.25, 0.3) is 11.2 Å². The van der Waals surface area contributed by atoms with Crippen molar-refractivity contribution in [3.05, 3.63) is 6.33 Å². The molecule has 1 saturated heterocycles. The van der Waals surface area contributed by atoms with Crippen LogP contribution in [0.2, 0.25) is 0 Å². The average Bonchev–Trinajstić information content (AvgIpc) is 3.26. The Morgan fingerprint density at radius 3 is 2.46 bits per heavy atom. The summed E-state index contributed by atoms with van der Waals surface area (Å²) in [7, 11) is -13.5. The number of ether oxygens (including phenoxy) is 1. The third-order valence-electron chi connectivity index (χ3n) is 4.56. The molecule has 1 aliphatic heterocycles. The average molecular weight is 581 g/mol. The maximum absolute atomic E-state index is 13.6. The van der Waals surface area contributed by atoms with Gasteiger partial charge >= 0.3 is 20.6 Å². The van der Waals surface area contributed by atoms with Crippen LogP contribution in [0.15, 0.2) is 11.5 Å². The molecule has 2 aromatic rings. The van der Waals surface area contributed by atoms with Crippen molar-refractivity contribution in [3.8, 4) is 0 Å². The number of hydrogen-bond acceptors (Lipinski definition) is 13. The normalized spacial score (nSPS) is 27.1. The fourth-order valence-electron chi connectivity index (χ4n) is 2.86. The Hall–Kier alpha value is -1.01. The first-order valence-electron chi connectivity index (χ1n) is 8.98. The maximum atomic E-state index is 13.6. The number of hydrogen-bond donors (Lipinski definition) is 6. The Morgan fingerprint density at radius 1 is 1.26 bits per heavy atom. The molecular weight excluding hydrogens is 564 g/mol. The number of imidazole rings is 1. The van der Waals surface area contributed by atoms with Crippen molar-refractivity contribution in [2.45, 2.75) is 35.1 Å². The zero-order valence-electron chi connectivity index (χ0n) is 17.2. The van der Waals surface area contributed by atoms with Crippen LogP contribution in [0.4, 0.5) is 14.6 Å². The SMILES string of the molecule is [B]P(=O)(OC[C@H]1O[C@@H](n2cnc3c(N)nc(SC)nc32)[C@H](O)[C@@H]1O)OP(=O)(O)C(F)(F)P(=O)(O)O. The lowest BCUT2D eigenvalue weighted by Crippen LogP contribution is -2.33. The monoisotopic (exact) mass is 581 g/mol. The second-order valence-electron chi connectivity index (χ2n) is 6.96. The first kappa shape index (κ1) is 28.6. The summed E-state index contributed by atoms with van der Waals surface area (Å²) in [4.78, 5) is 38.6. The van der Waals surface area contributed by atoms with Gasteiger partial charge in [-0.1, -0.05) is 11.8 Å². The summed E-state index contributed by atoms with van der Waals surface area (Å²) in [5.74, 6) is 0.0211. The second-order valence-corrected chi connectivity index (χ2v) is 13.3. The molecule has 2 unspecified atom stereocenters. The minimum absolute atomic E-state index is 0.0211. The number of nitrogens with zero attached hydrogens (tertiary/aromatic N) is 4. The molecule has 16 nitrogen and oxygen atoms in total. The van der Waals surface area contributed by atoms with Gasteiger partial charge in [-0.25, -0.2) is 19.3 Å². The van der Waals surface area contributed by atoms with E-state index in [4.69, 9.17) is 27.8 Å². The third-order valence-corrected chi connectivity index (χ3v) is 10.3. The van der Waals surface area contributed by atoms with Gasteiger partial charge < -0.3 is 39.9 Å². The number of aliphatic hydroxyl groups excluding tert-OH is 2. The number of alkyl halides is 2. The van der Waals surface area contributed by atoms with Crippen LogP contribution < -0.4 is 5.73 Å². The minimum Gasteiger partial charge on any atom is -0.387 e. The van der Waals surface area contributed by atoms with Gasteiger partial charge in [0.05, 0.1) is 12.9 Å². The number of aromatic nitrogens is 4. The standard InChI is InChI=1S/C12H17BF2N5O11P3S/c1-35-11-18-8(16)5-9(19-11)20(3-17-5)10-7(22)6(21)4(30-10)2-29-34(13,28)31-33(26,27)12(14,15)32(23,24)25/h3-4,6-7,10,21-22H,2H2,1H3,(H,26,27)(H2,16,18,19)(H2,23,24,25)/t4-,6-,7-,10-,34?/m1/s1. The Kier molecular flexibility index (Phi) is 7.92. The van der Waals surface area contributed by atoms with E-state index in [9.17, 15) is 37.6 Å². The van der Waals surface area contributed by atoms with Crippen molar-refractivity contribution in [3.63, 3.8) is 0 Å². The molecule has 3 rings (SSSR count). The largest absolute Gasteiger partial charge is 0.444 e. The van der Waals surface area contributed by atoms with Crippen molar-refractivity contribution in [2.75, 3.05) is 18.6 Å². The highest BCUT2D eigenvalue weighted by atomic mass is 32.2. The smallest absolute Gasteiger partial charge is 0.387 e. The number of nitrogens with two attached hydrogens (primary N) is 1. The first-order chi connectivity index (χ1) is 15.9. The predicted octanol–water partition coefficient (Wildman–Crippen LogP) is -0.0272. The Labute approximate surface area is 199 Å². The van der Waals surface area contributed by atoms with E-state index in [0.29, 0.717) is 0 Å². The zero-order valence-corrected chi connectivity index (χ0v) is 20.7. The lowest BCUT2D eigenvalue weighted by Gasteiger charge is -2.26. The molecule has 6 atom stereocenters. The highest BCUT2D eigenvalue weighted by Crippen LogP contribution is 2.77. The number of thioether (sulfide) groups is 1. The number of fused-ring (bicyclic) bond motifs is 1. The maximum Gasteiger partial charge on any atom is 0.444 e. The molecule has 3 heterocycles. The van der Waals surface area contributed by atoms with Crippen molar-refractivity contribution < 1.29 is 60.9 Å². The molecule has 2 radical (unpaired) electrons. The second kappa shape index (κ2) is 9.70. The summed E-state index contributed by atoms with van der Waals surface area (Å²) in [6, 6.07) is 0. The highest BCUT2D eigenvalue weighted by Gasteiger charge is 2.66. The van der Waals surface area contributed by atoms with E-state index in [1.165, 1.54) is 10.9 Å². The van der Waals surface area contributed by atoms with E-state index in [1.807, 2.05) is 0 Å². The molecule has 7 N–H and O–H groups in total. The summed E-state index contributed by atoms with van der Waals surface area (Å²) in [5, 5.41) is 15.3. The summed E-state index contributed by atoms with van der Waals surface area (Å²) < 4.78 is 76.4. The van der Waals surface area contributed by atoms with Gasteiger partial charge in [0, 0.05) is 0 Å². The van der Waals surface area contributed by atoms with E-state index in [-0.39, 0.29) is 22.1 Å².